The summed E-state index contributed by atoms with van der Waals surface area (Å²) in [5.74, 6) is -0.220. The molecule has 3 aromatic heterocycles. The largest absolute Gasteiger partial charge is 0.506 e. The number of hydrogen-bond acceptors (Lipinski definition) is 6. The second-order valence-electron chi connectivity index (χ2n) is 6.44. The fourth-order valence-electron chi connectivity index (χ4n) is 3.10. The third-order valence-corrected chi connectivity index (χ3v) is 6.17. The zero-order valence-electron chi connectivity index (χ0n) is 13.7. The van der Waals surface area contributed by atoms with Crippen molar-refractivity contribution in [3.8, 4) is 11.4 Å². The molecular formula is C17H13ClFN5O2S. The van der Waals surface area contributed by atoms with Gasteiger partial charge in [-0.1, -0.05) is 16.8 Å². The Morgan fingerprint density at radius 1 is 1.37 bits per heavy atom. The molecule has 10 heteroatoms. The van der Waals surface area contributed by atoms with E-state index in [4.69, 9.17) is 11.6 Å². The number of phenolic OH excluding ortho intramolecular Hbond substituents is 1. The Labute approximate surface area is 161 Å². The van der Waals surface area contributed by atoms with Gasteiger partial charge in [0.1, 0.15) is 34.9 Å². The average Bonchev–Trinajstić information content (AvgIpc) is 3.05. The Morgan fingerprint density at radius 2 is 2.19 bits per heavy atom. The molecule has 3 atom stereocenters. The van der Waals surface area contributed by atoms with Gasteiger partial charge in [-0.25, -0.2) is 14.1 Å². The smallest absolute Gasteiger partial charge is 0.141 e. The van der Waals surface area contributed by atoms with E-state index in [1.165, 1.54) is 22.1 Å². The maximum Gasteiger partial charge on any atom is 0.141 e. The van der Waals surface area contributed by atoms with Gasteiger partial charge in [0.05, 0.1) is 28.8 Å². The summed E-state index contributed by atoms with van der Waals surface area (Å²) in [6.45, 7) is 0. The lowest BCUT2D eigenvalue weighted by Gasteiger charge is -2.09. The fraction of sp³-hybridized carbons (Fsp3) is 0.235. The number of aromatic nitrogens is 5. The van der Waals surface area contributed by atoms with Crippen LogP contribution in [0, 0.1) is 0 Å². The molecule has 0 bridgehead atoms. The van der Waals surface area contributed by atoms with Crippen molar-refractivity contribution in [2.45, 2.75) is 24.6 Å². The molecule has 0 amide bonds. The van der Waals surface area contributed by atoms with Gasteiger partial charge >= 0.3 is 0 Å². The number of hydrogen-bond donors (Lipinski definition) is 2. The maximum absolute atomic E-state index is 13.7. The lowest BCUT2D eigenvalue weighted by atomic mass is 10.1. The van der Waals surface area contributed by atoms with Crippen LogP contribution in [0.4, 0.5) is 4.39 Å². The number of aliphatic hydroxyl groups is 1. The zero-order valence-corrected chi connectivity index (χ0v) is 15.3. The van der Waals surface area contributed by atoms with Crippen LogP contribution in [0.3, 0.4) is 0 Å². The van der Waals surface area contributed by atoms with Crippen molar-refractivity contribution >= 4 is 27.8 Å². The number of halogens is 2. The molecule has 1 fully saturated rings. The first-order valence-electron chi connectivity index (χ1n) is 8.21. The first-order chi connectivity index (χ1) is 13.0. The van der Waals surface area contributed by atoms with Gasteiger partial charge in [-0.15, -0.1) is 16.4 Å². The van der Waals surface area contributed by atoms with Gasteiger partial charge < -0.3 is 10.2 Å². The number of phenols is 1. The van der Waals surface area contributed by atoms with Crippen molar-refractivity contribution in [2.75, 3.05) is 0 Å². The monoisotopic (exact) mass is 405 g/mol. The quantitative estimate of drug-likeness (QED) is 0.544. The van der Waals surface area contributed by atoms with E-state index in [2.05, 4.69) is 15.3 Å². The Kier molecular flexibility index (Phi) is 3.71. The van der Waals surface area contributed by atoms with E-state index in [1.807, 2.05) is 0 Å². The molecule has 1 aromatic carbocycles. The summed E-state index contributed by atoms with van der Waals surface area (Å²) in [4.78, 5) is 5.76. The molecule has 2 N–H and O–H groups in total. The summed E-state index contributed by atoms with van der Waals surface area (Å²) >= 11 is 7.37. The van der Waals surface area contributed by atoms with Crippen LogP contribution >= 0.6 is 22.9 Å². The van der Waals surface area contributed by atoms with Crippen molar-refractivity contribution < 1.29 is 14.6 Å². The molecule has 3 heterocycles. The summed E-state index contributed by atoms with van der Waals surface area (Å²) in [7, 11) is 0. The van der Waals surface area contributed by atoms with Crippen molar-refractivity contribution in [3.63, 3.8) is 0 Å². The van der Waals surface area contributed by atoms with E-state index in [1.54, 1.807) is 35.3 Å². The summed E-state index contributed by atoms with van der Waals surface area (Å²) in [6, 6.07) is 4.63. The Balaban J connectivity index is 1.54. The van der Waals surface area contributed by atoms with Gasteiger partial charge in [0.15, 0.2) is 0 Å². The van der Waals surface area contributed by atoms with Crippen molar-refractivity contribution in [1.29, 1.82) is 0 Å². The van der Waals surface area contributed by atoms with Crippen LogP contribution in [0.15, 0.2) is 36.9 Å². The van der Waals surface area contributed by atoms with Crippen LogP contribution in [0.25, 0.3) is 10.5 Å². The molecule has 1 saturated carbocycles. The van der Waals surface area contributed by atoms with Crippen molar-refractivity contribution in [2.24, 2.45) is 0 Å². The molecular weight excluding hydrogens is 393 g/mol. The molecule has 5 rings (SSSR count). The normalized spacial score (nSPS) is 20.3. The SMILES string of the molecule is Oc1ccc(-n2cc(C(O)c3c([C@@H]4C[C@@H]4F)sc4cncn34)nn2)cc1Cl. The van der Waals surface area contributed by atoms with Gasteiger partial charge in [-0.2, -0.15) is 0 Å². The highest BCUT2D eigenvalue weighted by molar-refractivity contribution is 7.17. The number of benzene rings is 1. The molecule has 27 heavy (non-hydrogen) atoms. The standard InChI is InChI=1S/C17H13ClFN5O2S/c18-10-3-8(1-2-13(10)25)24-6-12(21-22-24)16(26)15-17(9-4-11(9)19)27-14-5-20-7-23(14)15/h1-3,5-7,9,11,16,25-26H,4H2/t9-,11+,16?/m1/s1. The second-order valence-corrected chi connectivity index (χ2v) is 7.91. The van der Waals surface area contributed by atoms with Crippen LogP contribution in [0.1, 0.15) is 34.7 Å². The minimum atomic E-state index is -1.07. The van der Waals surface area contributed by atoms with Gasteiger partial charge in [-0.3, -0.25) is 4.40 Å². The second kappa shape index (κ2) is 6.01. The number of thiazole rings is 1. The molecule has 0 spiro atoms. The summed E-state index contributed by atoms with van der Waals surface area (Å²) in [5, 5.41) is 28.8. The number of aromatic hydroxyl groups is 1. The number of alkyl halides is 1. The molecule has 0 saturated heterocycles. The highest BCUT2D eigenvalue weighted by Crippen LogP contribution is 2.49. The number of nitrogens with zero attached hydrogens (tertiary/aromatic N) is 5. The first kappa shape index (κ1) is 16.7. The van der Waals surface area contributed by atoms with Crippen LogP contribution in [-0.2, 0) is 0 Å². The minimum absolute atomic E-state index is 0.0311. The number of aliphatic hydroxyl groups excluding tert-OH is 1. The maximum atomic E-state index is 13.7. The molecule has 4 aromatic rings. The zero-order chi connectivity index (χ0) is 18.7. The van der Waals surface area contributed by atoms with Crippen molar-refractivity contribution in [1.82, 2.24) is 24.4 Å². The van der Waals surface area contributed by atoms with Crippen LogP contribution < -0.4 is 0 Å². The first-order valence-corrected chi connectivity index (χ1v) is 9.40. The van der Waals surface area contributed by atoms with E-state index < -0.39 is 12.3 Å². The Bertz CT molecular complexity index is 1160. The molecule has 138 valence electrons. The summed E-state index contributed by atoms with van der Waals surface area (Å²) < 4.78 is 16.9. The fourth-order valence-corrected chi connectivity index (χ4v) is 4.56. The molecule has 0 radical (unpaired) electrons. The third-order valence-electron chi connectivity index (χ3n) is 4.63. The molecule has 7 nitrogen and oxygen atoms in total. The predicted octanol–water partition coefficient (Wildman–Crippen LogP) is 3.24. The van der Waals surface area contributed by atoms with Gasteiger partial charge in [0.2, 0.25) is 0 Å². The summed E-state index contributed by atoms with van der Waals surface area (Å²) in [5.41, 5.74) is 1.49. The highest BCUT2D eigenvalue weighted by atomic mass is 35.5. The van der Waals surface area contributed by atoms with E-state index >= 15 is 0 Å². The van der Waals surface area contributed by atoms with Gasteiger partial charge in [0, 0.05) is 10.8 Å². The predicted molar refractivity (Wildman–Crippen MR) is 97.4 cm³/mol. The van der Waals surface area contributed by atoms with Crippen LogP contribution in [0.5, 0.6) is 5.75 Å². The van der Waals surface area contributed by atoms with Crippen molar-refractivity contribution in [3.05, 3.63) is 58.2 Å². The van der Waals surface area contributed by atoms with Crippen LogP contribution in [0.2, 0.25) is 5.02 Å². The van der Waals surface area contributed by atoms with E-state index in [0.717, 1.165) is 9.71 Å². The number of imidazole rings is 1. The lowest BCUT2D eigenvalue weighted by Crippen LogP contribution is -2.06. The molecule has 1 aliphatic carbocycles. The van der Waals surface area contributed by atoms with Gasteiger partial charge in [0.25, 0.3) is 0 Å². The van der Waals surface area contributed by atoms with E-state index in [0.29, 0.717) is 23.5 Å². The Morgan fingerprint density at radius 3 is 2.93 bits per heavy atom. The number of fused-ring (bicyclic) bond motifs is 1. The molecule has 1 unspecified atom stereocenters. The lowest BCUT2D eigenvalue weighted by molar-refractivity contribution is 0.208. The van der Waals surface area contributed by atoms with Crippen LogP contribution in [-0.4, -0.2) is 40.8 Å². The molecule has 0 aliphatic heterocycles. The highest BCUT2D eigenvalue weighted by Gasteiger charge is 2.43. The third kappa shape index (κ3) is 2.70. The number of rotatable bonds is 4. The minimum Gasteiger partial charge on any atom is -0.506 e. The molecule has 1 aliphatic rings. The average molecular weight is 406 g/mol. The van der Waals surface area contributed by atoms with E-state index in [9.17, 15) is 14.6 Å². The Hall–Kier alpha value is -2.49. The van der Waals surface area contributed by atoms with Gasteiger partial charge in [-0.05, 0) is 24.6 Å². The topological polar surface area (TPSA) is 88.5 Å². The van der Waals surface area contributed by atoms with E-state index in [-0.39, 0.29) is 16.7 Å². The summed E-state index contributed by atoms with van der Waals surface area (Å²) in [6.07, 6.45) is 3.40.